The first-order valence-corrected chi connectivity index (χ1v) is 33.9. The third-order valence-corrected chi connectivity index (χ3v) is 15.7. The van der Waals surface area contributed by atoms with Gasteiger partial charge in [-0.25, -0.2) is 0 Å². The summed E-state index contributed by atoms with van der Waals surface area (Å²) in [5.41, 5.74) is 18.3. The summed E-state index contributed by atoms with van der Waals surface area (Å²) in [6.07, 6.45) is 68.3. The number of nitrogens with zero attached hydrogens (tertiary/aromatic N) is 2. The molecular weight excluding hydrogens is 976 g/mol. The van der Waals surface area contributed by atoms with Crippen LogP contribution in [0.15, 0.2) is 59.7 Å². The molecule has 0 N–H and O–H groups in total. The molecule has 0 fully saturated rings. The topological polar surface area (TPSA) is 36.4 Å². The van der Waals surface area contributed by atoms with Crippen LogP contribution < -0.4 is 0 Å². The van der Waals surface area contributed by atoms with Crippen molar-refractivity contribution in [2.75, 3.05) is 0 Å². The van der Waals surface area contributed by atoms with Crippen LogP contribution in [-0.2, 0) is 22.9 Å². The maximum absolute atomic E-state index is 9.52. The van der Waals surface area contributed by atoms with Crippen molar-refractivity contribution < 1.29 is 21.3 Å². The molecule has 0 aliphatic heterocycles. The van der Waals surface area contributed by atoms with Gasteiger partial charge < -0.3 is 19.4 Å². The van der Waals surface area contributed by atoms with Gasteiger partial charge in [0.25, 0.3) is 0 Å². The number of hydrogen-bond donors (Lipinski definition) is 0. The Bertz CT molecular complexity index is 1540. The van der Waals surface area contributed by atoms with Gasteiger partial charge in [0.15, 0.2) is 0 Å². The van der Waals surface area contributed by atoms with E-state index in [2.05, 4.69) is 115 Å². The van der Waals surface area contributed by atoms with Gasteiger partial charge in [-0.05, 0) is 73.3 Å². The van der Waals surface area contributed by atoms with Gasteiger partial charge in [0.2, 0.25) is 0 Å². The Balaban J connectivity index is 0. The van der Waals surface area contributed by atoms with E-state index >= 15 is 0 Å². The summed E-state index contributed by atoms with van der Waals surface area (Å²) in [6.45, 7) is 21.3. The van der Waals surface area contributed by atoms with Crippen molar-refractivity contribution in [1.82, 2.24) is 0 Å². The van der Waals surface area contributed by atoms with E-state index in [0.717, 1.165) is 50.5 Å². The molecule has 2 rings (SSSR count). The Morgan fingerprint density at radius 2 is 0.714 bits per heavy atom. The second-order valence-electron chi connectivity index (χ2n) is 23.2. The fraction of sp³-hybridized carbons (Fsp3) is 0.757. The van der Waals surface area contributed by atoms with Gasteiger partial charge in [0, 0.05) is 0 Å². The first kappa shape index (κ1) is 76.9. The Kier molecular flexibility index (Phi) is 62.9. The van der Waals surface area contributed by atoms with Gasteiger partial charge in [0.1, 0.15) is 0 Å². The zero-order valence-corrected chi connectivity index (χ0v) is 53.6. The average Bonchev–Trinajstić information content (AvgIpc) is 3.43. The molecule has 2 aromatic carbocycles. The SMILES string of the molecule is CCCCCCC(C(=C=[N+]=[N-])CCCCC)=C(c1ccc(C)cc1)c1cccc(CCCC)c1.[CH2-]CCCCCCCCCCCCCCCCCCCC.[CH2-]CCCCCCCCCCCCCCCCCCCC.[Ni+2]. The van der Waals surface area contributed by atoms with E-state index in [-0.39, 0.29) is 16.5 Å². The molecular formula is C74H130N2Ni. The van der Waals surface area contributed by atoms with Crippen molar-refractivity contribution >= 4 is 11.4 Å². The summed E-state index contributed by atoms with van der Waals surface area (Å²) in [5.74, 6) is 3.00. The number of allylic oxidation sites excluding steroid dienone is 2. The summed E-state index contributed by atoms with van der Waals surface area (Å²) in [6, 6.07) is 18.0. The Labute approximate surface area is 493 Å². The van der Waals surface area contributed by atoms with Crippen LogP contribution in [0.25, 0.3) is 11.1 Å². The van der Waals surface area contributed by atoms with Crippen LogP contribution in [0.2, 0.25) is 0 Å². The molecule has 2 nitrogen and oxygen atoms in total. The summed E-state index contributed by atoms with van der Waals surface area (Å²) in [5, 5.41) is 0. The molecule has 0 aliphatic carbocycles. The zero-order chi connectivity index (χ0) is 55.5. The molecule has 446 valence electrons. The van der Waals surface area contributed by atoms with Crippen LogP contribution in [-0.4, -0.2) is 10.7 Å². The smallest absolute Gasteiger partial charge is 0.348 e. The van der Waals surface area contributed by atoms with Crippen molar-refractivity contribution in [2.24, 2.45) is 0 Å². The van der Waals surface area contributed by atoms with Crippen LogP contribution >= 0.6 is 0 Å². The molecule has 0 aromatic heterocycles. The van der Waals surface area contributed by atoms with Crippen molar-refractivity contribution in [3.63, 3.8) is 0 Å². The predicted octanol–water partition coefficient (Wildman–Crippen LogP) is 26.0. The summed E-state index contributed by atoms with van der Waals surface area (Å²) >= 11 is 0. The molecule has 3 heteroatoms. The Hall–Kier alpha value is -2.17. The van der Waals surface area contributed by atoms with Gasteiger partial charge >= 0.3 is 22.4 Å². The van der Waals surface area contributed by atoms with E-state index in [1.807, 2.05) is 0 Å². The molecule has 0 unspecified atom stereocenters. The number of rotatable bonds is 51. The van der Waals surface area contributed by atoms with Gasteiger partial charge in [-0.2, -0.15) is 12.8 Å². The van der Waals surface area contributed by atoms with Crippen LogP contribution in [0, 0.1) is 20.8 Å². The minimum Gasteiger partial charge on any atom is -0.348 e. The molecule has 0 amide bonds. The monoisotopic (exact) mass is 1100 g/mol. The Morgan fingerprint density at radius 1 is 0.390 bits per heavy atom. The molecule has 0 saturated carbocycles. The van der Waals surface area contributed by atoms with Crippen LogP contribution in [0.4, 0.5) is 0 Å². The predicted molar refractivity (Wildman–Crippen MR) is 345 cm³/mol. The maximum Gasteiger partial charge on any atom is 2.00 e. The fourth-order valence-corrected chi connectivity index (χ4v) is 10.7. The minimum absolute atomic E-state index is 0. The van der Waals surface area contributed by atoms with Crippen molar-refractivity contribution in [3.05, 3.63) is 101 Å². The molecule has 0 spiro atoms. The van der Waals surface area contributed by atoms with Gasteiger partial charge in [-0.1, -0.05) is 358 Å². The maximum atomic E-state index is 9.52. The van der Waals surface area contributed by atoms with E-state index in [9.17, 15) is 5.53 Å². The second-order valence-corrected chi connectivity index (χ2v) is 23.2. The van der Waals surface area contributed by atoms with E-state index < -0.39 is 0 Å². The number of hydrogen-bond acceptors (Lipinski definition) is 0. The molecule has 2 aromatic rings. The summed E-state index contributed by atoms with van der Waals surface area (Å²) in [4.78, 5) is 3.40. The Morgan fingerprint density at radius 3 is 1.06 bits per heavy atom. The van der Waals surface area contributed by atoms with Gasteiger partial charge in [-0.15, -0.1) is 4.79 Å². The van der Waals surface area contributed by atoms with E-state index in [4.69, 9.17) is 0 Å². The van der Waals surface area contributed by atoms with Gasteiger partial charge in [0.05, 0.1) is 5.57 Å². The first-order valence-electron chi connectivity index (χ1n) is 33.9. The largest absolute Gasteiger partial charge is 2.00 e. The van der Waals surface area contributed by atoms with Crippen LogP contribution in [0.1, 0.15) is 371 Å². The molecule has 0 heterocycles. The van der Waals surface area contributed by atoms with Crippen molar-refractivity contribution in [1.29, 1.82) is 0 Å². The molecule has 77 heavy (non-hydrogen) atoms. The number of benzene rings is 2. The molecule has 0 radical (unpaired) electrons. The quantitative estimate of drug-likeness (QED) is 0.0120. The second kappa shape index (κ2) is 63.0. The third kappa shape index (κ3) is 49.4. The number of aryl methyl sites for hydroxylation is 2. The van der Waals surface area contributed by atoms with Crippen LogP contribution in [0.5, 0.6) is 0 Å². The third-order valence-electron chi connectivity index (χ3n) is 15.7. The van der Waals surface area contributed by atoms with Crippen molar-refractivity contribution in [3.8, 4) is 0 Å². The molecule has 0 atom stereocenters. The van der Waals surface area contributed by atoms with E-state index in [1.165, 1.54) is 309 Å². The summed E-state index contributed by atoms with van der Waals surface area (Å²) < 4.78 is 0. The van der Waals surface area contributed by atoms with Crippen molar-refractivity contribution in [2.45, 2.75) is 363 Å². The molecule has 0 aliphatic rings. The van der Waals surface area contributed by atoms with E-state index in [1.54, 1.807) is 0 Å². The fourth-order valence-electron chi connectivity index (χ4n) is 10.7. The van der Waals surface area contributed by atoms with Gasteiger partial charge in [-0.3, -0.25) is 0 Å². The zero-order valence-electron chi connectivity index (χ0n) is 52.6. The standard InChI is InChI=1S/C32H44N2.2C21H43.Ni/c1-5-8-11-13-19-31(30(25-34-33)17-12-9-6-2)32(28-22-20-26(4)21-23-28)29-18-14-16-27(24-29)15-10-7-3;2*1-3-5-7-9-11-13-15-17-19-21-20-18-16-14-12-10-8-6-4-2;/h14,16,18,20-24H,5-13,15,17,19H2,1-4H3;2*1,3-21H2,2H3;/q;2*-1;+2. The molecule has 0 bridgehead atoms. The normalized spacial score (nSPS) is 11.2. The van der Waals surface area contributed by atoms with Crippen LogP contribution in [0.3, 0.4) is 0 Å². The first-order chi connectivity index (χ1) is 37.5. The molecule has 0 saturated heterocycles. The number of unbranched alkanes of at least 4 members (excludes halogenated alkanes) is 42. The minimum atomic E-state index is 0. The summed E-state index contributed by atoms with van der Waals surface area (Å²) in [7, 11) is 0. The van der Waals surface area contributed by atoms with E-state index in [0.29, 0.717) is 0 Å². The average molecular weight is 1110 g/mol.